The molecule has 0 aromatic heterocycles. The normalized spacial score (nSPS) is 27.9. The summed E-state index contributed by atoms with van der Waals surface area (Å²) in [6.45, 7) is 5.52. The average Bonchev–Trinajstić information content (AvgIpc) is 2.36. The lowest BCUT2D eigenvalue weighted by Gasteiger charge is -2.27. The maximum atomic E-state index is 12.4. The van der Waals surface area contributed by atoms with Gasteiger partial charge in [-0.25, -0.2) is 0 Å². The molecule has 4 heteroatoms. The number of aliphatic hydroxyl groups is 1. The van der Waals surface area contributed by atoms with Gasteiger partial charge in [0.2, 0.25) is 0 Å². The van der Waals surface area contributed by atoms with Crippen LogP contribution in [-0.4, -0.2) is 39.5 Å². The maximum Gasteiger partial charge on any atom is 0.0446 e. The van der Waals surface area contributed by atoms with Gasteiger partial charge in [-0.3, -0.25) is 4.21 Å². The topological polar surface area (TPSA) is 49.3 Å². The van der Waals surface area contributed by atoms with E-state index in [1.54, 1.807) is 0 Å². The number of aliphatic hydroxyl groups excluding tert-OH is 1. The highest BCUT2D eigenvalue weighted by Crippen LogP contribution is 2.27. The molecule has 0 amide bonds. The molecular formula is C14H29NO2S. The lowest BCUT2D eigenvalue weighted by atomic mass is 9.91. The minimum atomic E-state index is -0.736. The molecule has 1 saturated carbocycles. The van der Waals surface area contributed by atoms with E-state index < -0.39 is 10.8 Å². The third kappa shape index (κ3) is 5.81. The van der Waals surface area contributed by atoms with Crippen LogP contribution in [0.5, 0.6) is 0 Å². The Hall–Kier alpha value is 0.0700. The van der Waals surface area contributed by atoms with Gasteiger partial charge >= 0.3 is 0 Å². The van der Waals surface area contributed by atoms with E-state index in [1.165, 1.54) is 12.8 Å². The molecule has 4 atom stereocenters. The largest absolute Gasteiger partial charge is 0.396 e. The molecule has 0 aliphatic heterocycles. The second-order valence-corrected chi connectivity index (χ2v) is 7.37. The van der Waals surface area contributed by atoms with E-state index >= 15 is 0 Å². The molecule has 18 heavy (non-hydrogen) atoms. The van der Waals surface area contributed by atoms with Gasteiger partial charge in [-0.15, -0.1) is 0 Å². The maximum absolute atomic E-state index is 12.4. The highest BCUT2D eigenvalue weighted by molar-refractivity contribution is 7.85. The fourth-order valence-electron chi connectivity index (χ4n) is 2.70. The quantitative estimate of drug-likeness (QED) is 0.713. The summed E-state index contributed by atoms with van der Waals surface area (Å²) in [6, 6.07) is 0.216. The molecule has 2 N–H and O–H groups in total. The lowest BCUT2D eigenvalue weighted by molar-refractivity contribution is 0.270. The van der Waals surface area contributed by atoms with Gasteiger partial charge in [0, 0.05) is 34.5 Å². The fraction of sp³-hybridized carbons (Fsp3) is 1.00. The van der Waals surface area contributed by atoms with Crippen LogP contribution in [0.25, 0.3) is 0 Å². The molecule has 0 saturated heterocycles. The zero-order chi connectivity index (χ0) is 13.4. The van der Waals surface area contributed by atoms with Crippen LogP contribution in [0, 0.1) is 5.92 Å². The molecular weight excluding hydrogens is 246 g/mol. The first kappa shape index (κ1) is 16.1. The van der Waals surface area contributed by atoms with Crippen molar-refractivity contribution in [2.75, 3.05) is 18.9 Å². The highest BCUT2D eigenvalue weighted by atomic mass is 32.2. The Bertz CT molecular complexity index is 248. The van der Waals surface area contributed by atoms with E-state index in [2.05, 4.69) is 19.2 Å². The summed E-state index contributed by atoms with van der Waals surface area (Å²) in [5.41, 5.74) is 0. The minimum Gasteiger partial charge on any atom is -0.396 e. The summed E-state index contributed by atoms with van der Waals surface area (Å²) < 4.78 is 12.4. The van der Waals surface area contributed by atoms with Gasteiger partial charge in [-0.1, -0.05) is 26.7 Å². The summed E-state index contributed by atoms with van der Waals surface area (Å²) in [5.74, 6) is 1.44. The van der Waals surface area contributed by atoms with Crippen molar-refractivity contribution in [1.82, 2.24) is 5.32 Å². The van der Waals surface area contributed by atoms with Crippen LogP contribution in [0.4, 0.5) is 0 Å². The molecule has 0 spiro atoms. The smallest absolute Gasteiger partial charge is 0.0446 e. The summed E-state index contributed by atoms with van der Waals surface area (Å²) in [7, 11) is -0.736. The van der Waals surface area contributed by atoms with Crippen LogP contribution in [0.1, 0.15) is 52.4 Å². The minimum absolute atomic E-state index is 0.180. The van der Waals surface area contributed by atoms with Gasteiger partial charge in [0.25, 0.3) is 0 Å². The molecule has 0 heterocycles. The molecule has 4 unspecified atom stereocenters. The van der Waals surface area contributed by atoms with Gasteiger partial charge in [0.05, 0.1) is 0 Å². The molecule has 1 rings (SSSR count). The predicted octanol–water partition coefficient (Wildman–Crippen LogP) is 2.06. The lowest BCUT2D eigenvalue weighted by Crippen LogP contribution is -2.38. The van der Waals surface area contributed by atoms with Crippen LogP contribution >= 0.6 is 0 Å². The molecule has 0 radical (unpaired) electrons. The van der Waals surface area contributed by atoms with Gasteiger partial charge in [-0.05, 0) is 38.1 Å². The molecule has 0 aromatic rings. The Morgan fingerprint density at radius 1 is 1.44 bits per heavy atom. The van der Waals surface area contributed by atoms with Crippen LogP contribution < -0.4 is 5.32 Å². The van der Waals surface area contributed by atoms with E-state index in [-0.39, 0.29) is 12.6 Å². The third-order valence-electron chi connectivity index (χ3n) is 3.79. The van der Waals surface area contributed by atoms with Gasteiger partial charge in [-0.2, -0.15) is 0 Å². The second kappa shape index (κ2) is 9.05. The fourth-order valence-corrected chi connectivity index (χ4v) is 4.63. The van der Waals surface area contributed by atoms with Crippen molar-refractivity contribution < 1.29 is 9.32 Å². The Morgan fingerprint density at radius 2 is 2.22 bits per heavy atom. The first-order valence-corrected chi connectivity index (χ1v) is 8.77. The van der Waals surface area contributed by atoms with Crippen molar-refractivity contribution in [3.8, 4) is 0 Å². The molecule has 0 bridgehead atoms. The van der Waals surface area contributed by atoms with E-state index in [0.29, 0.717) is 17.4 Å². The summed E-state index contributed by atoms with van der Waals surface area (Å²) >= 11 is 0. The van der Waals surface area contributed by atoms with Crippen LogP contribution in [0.3, 0.4) is 0 Å². The zero-order valence-corrected chi connectivity index (χ0v) is 12.7. The third-order valence-corrected chi connectivity index (χ3v) is 5.69. The molecule has 108 valence electrons. The van der Waals surface area contributed by atoms with Crippen LogP contribution in [0.15, 0.2) is 0 Å². The van der Waals surface area contributed by atoms with E-state index in [9.17, 15) is 4.21 Å². The summed E-state index contributed by atoms with van der Waals surface area (Å²) in [5, 5.41) is 12.8. The first-order chi connectivity index (χ1) is 8.67. The molecule has 1 aliphatic rings. The molecule has 0 aromatic carbocycles. The van der Waals surface area contributed by atoms with Crippen LogP contribution in [-0.2, 0) is 10.8 Å². The monoisotopic (exact) mass is 275 g/mol. The van der Waals surface area contributed by atoms with Gasteiger partial charge in [0.1, 0.15) is 0 Å². The standard InChI is InChI=1S/C14H29NO2S/c1-3-8-15-13(7-9-16)11-18(17)14-6-4-5-12(2)10-14/h12-16H,3-11H2,1-2H3. The van der Waals surface area contributed by atoms with Crippen molar-refractivity contribution in [2.45, 2.75) is 63.7 Å². The average molecular weight is 275 g/mol. The van der Waals surface area contributed by atoms with Crippen molar-refractivity contribution in [1.29, 1.82) is 0 Å². The zero-order valence-electron chi connectivity index (χ0n) is 11.9. The molecule has 1 fully saturated rings. The molecule has 3 nitrogen and oxygen atoms in total. The van der Waals surface area contributed by atoms with Gasteiger partial charge in [0.15, 0.2) is 0 Å². The summed E-state index contributed by atoms with van der Waals surface area (Å²) in [4.78, 5) is 0. The Kier molecular flexibility index (Phi) is 8.11. The Balaban J connectivity index is 2.38. The number of hydrogen-bond acceptors (Lipinski definition) is 3. The highest BCUT2D eigenvalue weighted by Gasteiger charge is 2.25. The Labute approximate surface area is 114 Å². The number of hydrogen-bond donors (Lipinski definition) is 2. The second-order valence-electron chi connectivity index (χ2n) is 5.60. The van der Waals surface area contributed by atoms with E-state index in [1.807, 2.05) is 0 Å². The summed E-state index contributed by atoms with van der Waals surface area (Å²) in [6.07, 6.45) is 6.55. The van der Waals surface area contributed by atoms with Crippen molar-refractivity contribution >= 4 is 10.8 Å². The number of rotatable bonds is 8. The first-order valence-electron chi connectivity index (χ1n) is 7.38. The van der Waals surface area contributed by atoms with Crippen LogP contribution in [0.2, 0.25) is 0 Å². The predicted molar refractivity (Wildman–Crippen MR) is 78.2 cm³/mol. The van der Waals surface area contributed by atoms with E-state index in [4.69, 9.17) is 5.11 Å². The Morgan fingerprint density at radius 3 is 2.83 bits per heavy atom. The van der Waals surface area contributed by atoms with Crippen molar-refractivity contribution in [3.05, 3.63) is 0 Å². The SMILES string of the molecule is CCCNC(CCO)CS(=O)C1CCCC(C)C1. The van der Waals surface area contributed by atoms with Crippen molar-refractivity contribution in [2.24, 2.45) is 5.92 Å². The van der Waals surface area contributed by atoms with E-state index in [0.717, 1.165) is 31.7 Å². The van der Waals surface area contributed by atoms with Gasteiger partial charge < -0.3 is 10.4 Å². The molecule has 1 aliphatic carbocycles. The number of nitrogens with one attached hydrogen (secondary N) is 1. The van der Waals surface area contributed by atoms with Crippen molar-refractivity contribution in [3.63, 3.8) is 0 Å².